The number of halogens is 1. The average Bonchev–Trinajstić information content (AvgIpc) is 3.44. The van der Waals surface area contributed by atoms with Gasteiger partial charge in [0.2, 0.25) is 17.7 Å². The summed E-state index contributed by atoms with van der Waals surface area (Å²) >= 11 is 7.96. The summed E-state index contributed by atoms with van der Waals surface area (Å²) in [4.78, 5) is 42.9. The van der Waals surface area contributed by atoms with Crippen LogP contribution in [0.5, 0.6) is 5.75 Å². The number of aliphatic hydroxyl groups excluding tert-OH is 1. The number of carbonyl (C=O) groups is 3. The number of thioether (sulfide) groups is 1. The van der Waals surface area contributed by atoms with Gasteiger partial charge in [0.05, 0.1) is 40.5 Å². The van der Waals surface area contributed by atoms with Crippen molar-refractivity contribution in [3.8, 4) is 5.75 Å². The van der Waals surface area contributed by atoms with Crippen LogP contribution in [-0.4, -0.2) is 63.0 Å². The first-order valence-electron chi connectivity index (χ1n) is 12.9. The number of para-hydroxylation sites is 1. The normalized spacial score (nSPS) is 29.3. The molecule has 2 aromatic carbocycles. The monoisotopic (exact) mass is 557 g/mol. The Balaban J connectivity index is 1.46. The lowest BCUT2D eigenvalue weighted by Crippen LogP contribution is -2.52. The summed E-state index contributed by atoms with van der Waals surface area (Å²) in [6, 6.07) is 11.7. The van der Waals surface area contributed by atoms with E-state index in [-0.39, 0.29) is 30.9 Å². The topological polar surface area (TPSA) is 108 Å². The van der Waals surface area contributed by atoms with Gasteiger partial charge >= 0.3 is 0 Å². The van der Waals surface area contributed by atoms with Gasteiger partial charge in [0.1, 0.15) is 11.8 Å². The highest BCUT2D eigenvalue weighted by atomic mass is 35.5. The van der Waals surface area contributed by atoms with Crippen molar-refractivity contribution < 1.29 is 24.2 Å². The van der Waals surface area contributed by atoms with Crippen LogP contribution in [0.15, 0.2) is 42.5 Å². The Morgan fingerprint density at radius 3 is 2.55 bits per heavy atom. The van der Waals surface area contributed by atoms with Crippen molar-refractivity contribution in [2.75, 3.05) is 30.4 Å². The smallest absolute Gasteiger partial charge is 0.248 e. The van der Waals surface area contributed by atoms with Crippen molar-refractivity contribution in [1.82, 2.24) is 4.90 Å². The fourth-order valence-electron chi connectivity index (χ4n) is 6.48. The predicted octanol–water partition coefficient (Wildman–Crippen LogP) is 4.10. The van der Waals surface area contributed by atoms with E-state index >= 15 is 0 Å². The second-order valence-corrected chi connectivity index (χ2v) is 12.7. The molecule has 1 spiro atoms. The van der Waals surface area contributed by atoms with E-state index in [4.69, 9.17) is 16.3 Å². The summed E-state index contributed by atoms with van der Waals surface area (Å²) < 4.78 is 4.21. The molecule has 0 saturated carbocycles. The first kappa shape index (κ1) is 26.8. The minimum atomic E-state index is -0.835. The van der Waals surface area contributed by atoms with E-state index in [0.717, 1.165) is 5.56 Å². The van der Waals surface area contributed by atoms with Crippen LogP contribution >= 0.6 is 23.4 Å². The van der Waals surface area contributed by atoms with E-state index in [0.29, 0.717) is 41.6 Å². The molecule has 3 heterocycles. The lowest BCUT2D eigenvalue weighted by Gasteiger charge is -2.35. The molecule has 5 rings (SSSR count). The summed E-state index contributed by atoms with van der Waals surface area (Å²) in [5.74, 6) is -1.45. The summed E-state index contributed by atoms with van der Waals surface area (Å²) in [7, 11) is 0. The van der Waals surface area contributed by atoms with Crippen LogP contribution in [0.1, 0.15) is 32.3 Å². The molecule has 0 aromatic heterocycles. The summed E-state index contributed by atoms with van der Waals surface area (Å²) in [5.41, 5.74) is 1.93. The minimum Gasteiger partial charge on any atom is -0.494 e. The van der Waals surface area contributed by atoms with Crippen LogP contribution in [0, 0.1) is 18.8 Å². The number of amides is 3. The van der Waals surface area contributed by atoms with Gasteiger partial charge in [0, 0.05) is 17.0 Å². The molecule has 3 N–H and O–H groups in total. The van der Waals surface area contributed by atoms with Crippen LogP contribution in [0.3, 0.4) is 0 Å². The number of likely N-dealkylation sites (tertiary alicyclic amines) is 1. The van der Waals surface area contributed by atoms with Crippen molar-refractivity contribution in [2.45, 2.75) is 49.1 Å². The third-order valence-electron chi connectivity index (χ3n) is 8.05. The van der Waals surface area contributed by atoms with Crippen LogP contribution in [0.2, 0.25) is 5.02 Å². The Bertz CT molecular complexity index is 1250. The molecule has 202 valence electrons. The van der Waals surface area contributed by atoms with Crippen molar-refractivity contribution >= 4 is 52.5 Å². The number of benzene rings is 2. The van der Waals surface area contributed by atoms with Gasteiger partial charge in [-0.2, -0.15) is 0 Å². The molecule has 0 aliphatic carbocycles. The summed E-state index contributed by atoms with van der Waals surface area (Å²) in [6.07, 6.45) is 1.32. The number of anilines is 2. The molecule has 0 radical (unpaired) electrons. The van der Waals surface area contributed by atoms with Crippen molar-refractivity contribution in [1.29, 1.82) is 0 Å². The highest BCUT2D eigenvalue weighted by molar-refractivity contribution is 8.02. The highest BCUT2D eigenvalue weighted by Gasteiger charge is 2.77. The van der Waals surface area contributed by atoms with Crippen LogP contribution in [0.25, 0.3) is 0 Å². The van der Waals surface area contributed by atoms with Gasteiger partial charge in [-0.3, -0.25) is 14.4 Å². The number of β-amino-alcohol motifs (C(OH)–C–C–N with tert-alkyl or cyclic N) is 1. The molecule has 38 heavy (non-hydrogen) atoms. The van der Waals surface area contributed by atoms with Crippen molar-refractivity contribution in [3.63, 3.8) is 0 Å². The van der Waals surface area contributed by atoms with Gasteiger partial charge in [-0.15, -0.1) is 11.8 Å². The number of nitrogens with zero attached hydrogens (tertiary/aromatic N) is 1. The predicted molar refractivity (Wildman–Crippen MR) is 149 cm³/mol. The number of fused-ring (bicyclic) bond motifs is 1. The molecule has 2 unspecified atom stereocenters. The number of nitrogens with one attached hydrogen (secondary N) is 2. The number of carbonyl (C=O) groups excluding carboxylic acids is 3. The highest BCUT2D eigenvalue weighted by Crippen LogP contribution is 2.71. The fraction of sp³-hybridized carbons (Fsp3) is 0.464. The van der Waals surface area contributed by atoms with E-state index in [2.05, 4.69) is 10.6 Å². The molecule has 3 aliphatic heterocycles. The van der Waals surface area contributed by atoms with E-state index in [1.54, 1.807) is 42.1 Å². The van der Waals surface area contributed by atoms with Crippen LogP contribution in [0.4, 0.5) is 11.4 Å². The molecule has 2 bridgehead atoms. The molecule has 3 fully saturated rings. The maximum atomic E-state index is 13.9. The first-order chi connectivity index (χ1) is 18.1. The Hall–Kier alpha value is -2.75. The number of hydrogen-bond acceptors (Lipinski definition) is 6. The van der Waals surface area contributed by atoms with E-state index in [1.165, 1.54) is 4.90 Å². The Morgan fingerprint density at radius 2 is 1.89 bits per heavy atom. The van der Waals surface area contributed by atoms with Gasteiger partial charge in [0.25, 0.3) is 0 Å². The quantitative estimate of drug-likeness (QED) is 0.451. The van der Waals surface area contributed by atoms with Gasteiger partial charge in [-0.25, -0.2) is 0 Å². The van der Waals surface area contributed by atoms with E-state index in [1.807, 2.05) is 32.9 Å². The summed E-state index contributed by atoms with van der Waals surface area (Å²) in [6.45, 7) is 6.05. The molecule has 2 aromatic rings. The molecular formula is C28H32ClN3O5S. The number of hydrogen-bond donors (Lipinski definition) is 3. The van der Waals surface area contributed by atoms with Crippen molar-refractivity contribution in [3.05, 3.63) is 53.1 Å². The third-order valence-corrected chi connectivity index (χ3v) is 10.4. The molecule has 3 amide bonds. The zero-order chi connectivity index (χ0) is 27.2. The maximum Gasteiger partial charge on any atom is 0.248 e. The molecule has 5 atom stereocenters. The number of rotatable bonds is 8. The maximum absolute atomic E-state index is 13.9. The fourth-order valence-corrected chi connectivity index (χ4v) is 9.10. The Kier molecular flexibility index (Phi) is 7.13. The largest absolute Gasteiger partial charge is 0.494 e. The lowest BCUT2D eigenvalue weighted by molar-refractivity contribution is -0.139. The van der Waals surface area contributed by atoms with Crippen molar-refractivity contribution in [2.24, 2.45) is 11.8 Å². The molecule has 8 nitrogen and oxygen atoms in total. The number of ether oxygens (including phenoxy) is 1. The lowest BCUT2D eigenvalue weighted by atomic mass is 9.66. The number of aryl methyl sites for hydroxylation is 1. The van der Waals surface area contributed by atoms with Gasteiger partial charge in [0.15, 0.2) is 0 Å². The molecule has 10 heteroatoms. The minimum absolute atomic E-state index is 0.0151. The zero-order valence-corrected chi connectivity index (χ0v) is 23.2. The van der Waals surface area contributed by atoms with E-state index in [9.17, 15) is 19.5 Å². The SMILES string of the molecule is CCOc1ccc(NC(=O)[C@H]2[C@H]3C(=O)N(CCO)C(C(=O)Nc4c(C)cccc4Cl)C34CC[C@]2(C)S4)cc1. The summed E-state index contributed by atoms with van der Waals surface area (Å²) in [5, 5.41) is 16.2. The zero-order valence-electron chi connectivity index (χ0n) is 21.6. The Morgan fingerprint density at radius 1 is 1.16 bits per heavy atom. The molecule has 3 aliphatic rings. The van der Waals surface area contributed by atoms with Crippen LogP contribution in [-0.2, 0) is 14.4 Å². The second kappa shape index (κ2) is 10.1. The third kappa shape index (κ3) is 4.25. The first-order valence-corrected chi connectivity index (χ1v) is 14.1. The van der Waals surface area contributed by atoms with Gasteiger partial charge in [-0.1, -0.05) is 23.7 Å². The Labute approximate surface area is 231 Å². The van der Waals surface area contributed by atoms with Gasteiger partial charge < -0.3 is 25.4 Å². The van der Waals surface area contributed by atoms with E-state index < -0.39 is 27.4 Å². The standard InChI is InChI=1S/C28H32ClN3O5S/c1-4-37-18-10-8-17(9-11-18)30-24(34)20-21-26(36)32(14-15-33)23(28(21)13-12-27(20,3)38-28)25(35)31-22-16(2)6-5-7-19(22)29/h5-11,20-21,23,33H,4,12-15H2,1-3H3,(H,30,34)(H,31,35)/t20-,21+,23?,27+,28?/m1/s1. The number of aliphatic hydroxyl groups is 1. The average molecular weight is 558 g/mol. The molecule has 3 saturated heterocycles. The molecular weight excluding hydrogens is 526 g/mol. The second-order valence-electron chi connectivity index (χ2n) is 10.4. The van der Waals surface area contributed by atoms with Crippen LogP contribution < -0.4 is 15.4 Å². The van der Waals surface area contributed by atoms with Gasteiger partial charge in [-0.05, 0) is 69.5 Å².